The van der Waals surface area contributed by atoms with E-state index in [9.17, 15) is 18.3 Å². The van der Waals surface area contributed by atoms with Crippen LogP contribution in [-0.4, -0.2) is 37.3 Å². The number of ether oxygens (including phenoxy) is 2. The molecule has 1 aromatic rings. The number of aliphatic hydroxyl groups excluding tert-OH is 1. The van der Waals surface area contributed by atoms with Crippen molar-refractivity contribution in [2.75, 3.05) is 25.1 Å². The molecule has 21 heavy (non-hydrogen) atoms. The predicted molar refractivity (Wildman–Crippen MR) is 71.2 cm³/mol. The summed E-state index contributed by atoms with van der Waals surface area (Å²) in [5, 5.41) is 12.6. The minimum Gasteiger partial charge on any atom is -0.406 e. The smallest absolute Gasteiger partial charge is 0.406 e. The lowest BCUT2D eigenvalue weighted by atomic mass is 10.3. The van der Waals surface area contributed by atoms with E-state index < -0.39 is 12.5 Å². The molecule has 2 rings (SSSR count). The van der Waals surface area contributed by atoms with Gasteiger partial charge in [0.2, 0.25) is 0 Å². The second-order valence-corrected chi connectivity index (χ2v) is 5.09. The quantitative estimate of drug-likeness (QED) is 0.775. The van der Waals surface area contributed by atoms with E-state index in [1.807, 2.05) is 0 Å². The molecule has 2 N–H and O–H groups in total. The van der Waals surface area contributed by atoms with Crippen LogP contribution >= 0.6 is 0 Å². The van der Waals surface area contributed by atoms with Crippen molar-refractivity contribution in [3.63, 3.8) is 0 Å². The van der Waals surface area contributed by atoms with Crippen molar-refractivity contribution in [3.05, 3.63) is 24.3 Å². The first-order chi connectivity index (χ1) is 9.92. The van der Waals surface area contributed by atoms with Crippen LogP contribution < -0.4 is 10.1 Å². The van der Waals surface area contributed by atoms with Crippen molar-refractivity contribution in [3.8, 4) is 5.75 Å². The highest BCUT2D eigenvalue weighted by Gasteiger charge is 2.30. The number of aliphatic hydroxyl groups is 1. The van der Waals surface area contributed by atoms with E-state index in [0.717, 1.165) is 0 Å². The first-order valence-corrected chi connectivity index (χ1v) is 6.78. The third kappa shape index (κ3) is 6.68. The van der Waals surface area contributed by atoms with E-state index in [1.54, 1.807) is 0 Å². The fourth-order valence-corrected chi connectivity index (χ4v) is 1.72. The number of hydrogen-bond donors (Lipinski definition) is 2. The van der Waals surface area contributed by atoms with Gasteiger partial charge in [-0.3, -0.25) is 0 Å². The summed E-state index contributed by atoms with van der Waals surface area (Å²) >= 11 is 0. The second-order valence-electron chi connectivity index (χ2n) is 5.09. The largest absolute Gasteiger partial charge is 0.573 e. The van der Waals surface area contributed by atoms with Gasteiger partial charge in [0.1, 0.15) is 5.75 Å². The van der Waals surface area contributed by atoms with Gasteiger partial charge in [-0.05, 0) is 43.0 Å². The van der Waals surface area contributed by atoms with Crippen LogP contribution in [0.2, 0.25) is 0 Å². The monoisotopic (exact) mass is 305 g/mol. The zero-order chi connectivity index (χ0) is 15.3. The molecule has 1 atom stereocenters. The molecule has 1 unspecified atom stereocenters. The molecule has 1 aliphatic rings. The van der Waals surface area contributed by atoms with Crippen LogP contribution in [0.5, 0.6) is 5.75 Å². The molecule has 0 spiro atoms. The predicted octanol–water partition coefficient (Wildman–Crippen LogP) is 2.78. The number of hydrogen-bond acceptors (Lipinski definition) is 4. The summed E-state index contributed by atoms with van der Waals surface area (Å²) in [5.74, 6) is 0.368. The van der Waals surface area contributed by atoms with Gasteiger partial charge in [-0.15, -0.1) is 13.2 Å². The Labute approximate surface area is 120 Å². The number of anilines is 1. The maximum Gasteiger partial charge on any atom is 0.573 e. The fourth-order valence-electron chi connectivity index (χ4n) is 1.72. The van der Waals surface area contributed by atoms with Gasteiger partial charge in [0, 0.05) is 18.8 Å². The molecule has 0 aromatic heterocycles. The Kier molecular flexibility index (Phi) is 5.30. The maximum atomic E-state index is 12.0. The van der Waals surface area contributed by atoms with Gasteiger partial charge in [-0.25, -0.2) is 0 Å². The summed E-state index contributed by atoms with van der Waals surface area (Å²) in [4.78, 5) is 0. The normalized spacial score (nSPS) is 16.6. The Morgan fingerprint density at radius 2 is 1.90 bits per heavy atom. The molecule has 0 amide bonds. The SMILES string of the molecule is OC(CNc1ccc(OC(F)(F)F)cc1)COCC1CC1. The Balaban J connectivity index is 1.67. The summed E-state index contributed by atoms with van der Waals surface area (Å²) in [5.41, 5.74) is 0.603. The van der Waals surface area contributed by atoms with Crippen LogP contribution in [-0.2, 0) is 4.74 Å². The molecule has 118 valence electrons. The molecule has 0 heterocycles. The molecule has 1 saturated carbocycles. The standard InChI is InChI=1S/C14H18F3NO3/c15-14(16,17)21-13-5-3-11(4-6-13)18-7-12(19)9-20-8-10-1-2-10/h3-6,10,12,18-19H,1-2,7-9H2. The molecule has 0 radical (unpaired) electrons. The highest BCUT2D eigenvalue weighted by atomic mass is 19.4. The molecule has 0 aliphatic heterocycles. The Hall–Kier alpha value is -1.47. The number of rotatable bonds is 8. The van der Waals surface area contributed by atoms with Crippen molar-refractivity contribution >= 4 is 5.69 Å². The lowest BCUT2D eigenvalue weighted by Gasteiger charge is -2.14. The fraction of sp³-hybridized carbons (Fsp3) is 0.571. The van der Waals surface area contributed by atoms with Gasteiger partial charge in [-0.1, -0.05) is 0 Å². The maximum absolute atomic E-state index is 12.0. The highest BCUT2D eigenvalue weighted by molar-refractivity contribution is 5.46. The number of alkyl halides is 3. The summed E-state index contributed by atoms with van der Waals surface area (Å²) in [6, 6.07) is 5.34. The van der Waals surface area contributed by atoms with Crippen LogP contribution in [0.25, 0.3) is 0 Å². The van der Waals surface area contributed by atoms with E-state index in [-0.39, 0.29) is 18.9 Å². The molecule has 4 nitrogen and oxygen atoms in total. The van der Waals surface area contributed by atoms with Gasteiger partial charge in [0.05, 0.1) is 12.7 Å². The third-order valence-corrected chi connectivity index (χ3v) is 2.99. The van der Waals surface area contributed by atoms with Gasteiger partial charge >= 0.3 is 6.36 Å². The molecule has 1 aromatic carbocycles. The van der Waals surface area contributed by atoms with Crippen LogP contribution in [0.15, 0.2) is 24.3 Å². The third-order valence-electron chi connectivity index (χ3n) is 2.99. The van der Waals surface area contributed by atoms with E-state index in [4.69, 9.17) is 4.74 Å². The summed E-state index contributed by atoms with van der Waals surface area (Å²) in [7, 11) is 0. The van der Waals surface area contributed by atoms with Gasteiger partial charge in [-0.2, -0.15) is 0 Å². The van der Waals surface area contributed by atoms with Gasteiger partial charge in [0.25, 0.3) is 0 Å². The van der Waals surface area contributed by atoms with Crippen LogP contribution in [0.3, 0.4) is 0 Å². The zero-order valence-electron chi connectivity index (χ0n) is 11.4. The van der Waals surface area contributed by atoms with Crippen molar-refractivity contribution in [1.29, 1.82) is 0 Å². The summed E-state index contributed by atoms with van der Waals surface area (Å²) in [6.45, 7) is 1.20. The molecule has 7 heteroatoms. The molecule has 0 bridgehead atoms. The van der Waals surface area contributed by atoms with Crippen LogP contribution in [0, 0.1) is 5.92 Å². The molecule has 1 fully saturated rings. The van der Waals surface area contributed by atoms with E-state index in [2.05, 4.69) is 10.1 Å². The van der Waals surface area contributed by atoms with Crippen molar-refractivity contribution in [1.82, 2.24) is 0 Å². The van der Waals surface area contributed by atoms with E-state index in [1.165, 1.54) is 37.1 Å². The van der Waals surface area contributed by atoms with Crippen LogP contribution in [0.4, 0.5) is 18.9 Å². The molecular weight excluding hydrogens is 287 g/mol. The highest BCUT2D eigenvalue weighted by Crippen LogP contribution is 2.28. The number of benzene rings is 1. The van der Waals surface area contributed by atoms with Gasteiger partial charge < -0.3 is 19.9 Å². The minimum absolute atomic E-state index is 0.249. The lowest BCUT2D eigenvalue weighted by molar-refractivity contribution is -0.274. The Morgan fingerprint density at radius 1 is 1.24 bits per heavy atom. The average Bonchev–Trinajstić information content (AvgIpc) is 3.20. The number of nitrogens with one attached hydrogen (secondary N) is 1. The topological polar surface area (TPSA) is 50.7 Å². The summed E-state index contributed by atoms with van der Waals surface area (Å²) in [6.07, 6.45) is -2.96. The van der Waals surface area contributed by atoms with Crippen molar-refractivity contribution in [2.45, 2.75) is 25.3 Å². The molecular formula is C14H18F3NO3. The summed E-state index contributed by atoms with van der Waals surface area (Å²) < 4.78 is 45.1. The number of halogens is 3. The van der Waals surface area contributed by atoms with E-state index in [0.29, 0.717) is 18.2 Å². The van der Waals surface area contributed by atoms with Crippen molar-refractivity contribution in [2.24, 2.45) is 5.92 Å². The molecule has 1 aliphatic carbocycles. The second kappa shape index (κ2) is 7.00. The zero-order valence-corrected chi connectivity index (χ0v) is 11.4. The Morgan fingerprint density at radius 3 is 2.48 bits per heavy atom. The van der Waals surface area contributed by atoms with E-state index >= 15 is 0 Å². The lowest BCUT2D eigenvalue weighted by Crippen LogP contribution is -2.25. The van der Waals surface area contributed by atoms with Gasteiger partial charge in [0.15, 0.2) is 0 Å². The average molecular weight is 305 g/mol. The first-order valence-electron chi connectivity index (χ1n) is 6.78. The first kappa shape index (κ1) is 15.9. The minimum atomic E-state index is -4.69. The van der Waals surface area contributed by atoms with Crippen molar-refractivity contribution < 1.29 is 27.8 Å². The molecule has 0 saturated heterocycles. The van der Waals surface area contributed by atoms with Crippen LogP contribution in [0.1, 0.15) is 12.8 Å². The Bertz CT molecular complexity index is 432.